The maximum absolute atomic E-state index is 11.9. The van der Waals surface area contributed by atoms with Crippen LogP contribution in [0.1, 0.15) is 6.92 Å². The highest BCUT2D eigenvalue weighted by molar-refractivity contribution is 8.69. The summed E-state index contributed by atoms with van der Waals surface area (Å²) in [4.78, 5) is 0. The molecule has 0 bridgehead atoms. The second kappa shape index (κ2) is 5.71. The first-order valence-corrected chi connectivity index (χ1v) is 12.0. The quantitative estimate of drug-likeness (QED) is 0.762. The minimum Gasteiger partial charge on any atom is -0.437 e. The zero-order valence-corrected chi connectivity index (χ0v) is 14.5. The largest absolute Gasteiger partial charge is 0.437 e. The summed E-state index contributed by atoms with van der Waals surface area (Å²) in [5.74, 6) is 0.0421. The van der Waals surface area contributed by atoms with Crippen molar-refractivity contribution in [2.75, 3.05) is 18.7 Å². The lowest BCUT2D eigenvalue weighted by atomic mass is 10.7. The third-order valence-corrected chi connectivity index (χ3v) is 9.39. The first-order chi connectivity index (χ1) is 8.14. The molecule has 1 aromatic rings. The number of nitrogens with zero attached hydrogens (tertiary/aromatic N) is 2. The van der Waals surface area contributed by atoms with E-state index in [0.29, 0.717) is 0 Å². The van der Waals surface area contributed by atoms with Gasteiger partial charge in [0.05, 0.1) is 5.75 Å². The number of sulfone groups is 1. The van der Waals surface area contributed by atoms with Gasteiger partial charge >= 0.3 is 0 Å². The molecule has 0 aliphatic rings. The van der Waals surface area contributed by atoms with Crippen molar-refractivity contribution in [2.24, 2.45) is 7.05 Å². The standard InChI is InChI=1S/C8H14ClN2O3PS3/c1-5-18(12,13)8-6(9)7(10-11(8)2)14-15(3,16)17-4/h5H2,1-4H3. The van der Waals surface area contributed by atoms with Crippen molar-refractivity contribution >= 4 is 50.1 Å². The van der Waals surface area contributed by atoms with E-state index in [2.05, 4.69) is 5.10 Å². The molecule has 0 fully saturated rings. The lowest BCUT2D eigenvalue weighted by Crippen LogP contribution is -2.10. The monoisotopic (exact) mass is 348 g/mol. The molecule has 0 saturated carbocycles. The lowest BCUT2D eigenvalue weighted by molar-refractivity contribution is 0.561. The molecule has 5 nitrogen and oxygen atoms in total. The van der Waals surface area contributed by atoms with E-state index in [4.69, 9.17) is 27.9 Å². The van der Waals surface area contributed by atoms with Crippen molar-refractivity contribution in [3.05, 3.63) is 5.02 Å². The Labute approximate surface area is 121 Å². The molecule has 0 amide bonds. The molecule has 1 rings (SSSR count). The predicted octanol–water partition coefficient (Wildman–Crippen LogP) is 2.55. The number of halogens is 1. The number of rotatable bonds is 5. The Morgan fingerprint density at radius 1 is 1.61 bits per heavy atom. The van der Waals surface area contributed by atoms with Crippen molar-refractivity contribution in [3.8, 4) is 5.88 Å². The summed E-state index contributed by atoms with van der Waals surface area (Å²) in [7, 11) is -1.93. The molecule has 10 heteroatoms. The van der Waals surface area contributed by atoms with Crippen LogP contribution in [0.5, 0.6) is 5.88 Å². The normalized spacial score (nSPS) is 15.4. The third kappa shape index (κ3) is 3.42. The van der Waals surface area contributed by atoms with Crippen LogP contribution >= 0.6 is 28.4 Å². The highest BCUT2D eigenvalue weighted by Crippen LogP contribution is 2.55. The van der Waals surface area contributed by atoms with Gasteiger partial charge in [-0.05, 0) is 18.1 Å². The zero-order valence-electron chi connectivity index (χ0n) is 10.4. The van der Waals surface area contributed by atoms with Crippen LogP contribution in [0.15, 0.2) is 5.03 Å². The van der Waals surface area contributed by atoms with Gasteiger partial charge in [0.25, 0.3) is 5.88 Å². The fraction of sp³-hybridized carbons (Fsp3) is 0.625. The summed E-state index contributed by atoms with van der Waals surface area (Å²) in [6.07, 6.45) is 1.83. The summed E-state index contributed by atoms with van der Waals surface area (Å²) in [5.41, 5.74) is -2.09. The summed E-state index contributed by atoms with van der Waals surface area (Å²) >= 11 is 12.7. The molecule has 18 heavy (non-hydrogen) atoms. The van der Waals surface area contributed by atoms with Crippen LogP contribution in [0, 0.1) is 0 Å². The molecule has 1 atom stereocenters. The average molecular weight is 349 g/mol. The van der Waals surface area contributed by atoms with Gasteiger partial charge in [-0.25, -0.2) is 8.42 Å². The molecule has 0 aliphatic carbocycles. The van der Waals surface area contributed by atoms with Gasteiger partial charge in [-0.2, -0.15) is 0 Å². The molecule has 0 aromatic carbocycles. The van der Waals surface area contributed by atoms with Crippen LogP contribution in [0.2, 0.25) is 5.02 Å². The smallest absolute Gasteiger partial charge is 0.257 e. The van der Waals surface area contributed by atoms with Crippen molar-refractivity contribution in [1.29, 1.82) is 0 Å². The zero-order chi connectivity index (χ0) is 14.1. The minimum atomic E-state index is -3.44. The van der Waals surface area contributed by atoms with Gasteiger partial charge in [-0.3, -0.25) is 4.68 Å². The summed E-state index contributed by atoms with van der Waals surface area (Å²) < 4.78 is 30.5. The Morgan fingerprint density at radius 3 is 2.61 bits per heavy atom. The Hall–Kier alpha value is 0.250. The maximum Gasteiger partial charge on any atom is 0.257 e. The summed E-state index contributed by atoms with van der Waals surface area (Å²) in [6, 6.07) is 0. The number of aryl methyl sites for hydroxylation is 1. The summed E-state index contributed by atoms with van der Waals surface area (Å²) in [5, 5.41) is 3.96. The molecule has 0 spiro atoms. The molecule has 104 valence electrons. The third-order valence-electron chi connectivity index (χ3n) is 2.17. The molecule has 0 aliphatic heterocycles. The Bertz CT molecular complexity index is 599. The Kier molecular flexibility index (Phi) is 5.17. The molecule has 1 unspecified atom stereocenters. The second-order valence-corrected chi connectivity index (χ2v) is 14.1. The average Bonchev–Trinajstić information content (AvgIpc) is 2.54. The van der Waals surface area contributed by atoms with E-state index in [-0.39, 0.29) is 21.7 Å². The van der Waals surface area contributed by atoms with Crippen LogP contribution in [0.4, 0.5) is 0 Å². The molecule has 0 radical (unpaired) electrons. The van der Waals surface area contributed by atoms with Crippen LogP contribution < -0.4 is 4.52 Å². The van der Waals surface area contributed by atoms with Crippen molar-refractivity contribution in [1.82, 2.24) is 9.78 Å². The predicted molar refractivity (Wildman–Crippen MR) is 80.3 cm³/mol. The molecule has 1 aromatic heterocycles. The number of aromatic nitrogens is 2. The van der Waals surface area contributed by atoms with Crippen molar-refractivity contribution in [2.45, 2.75) is 11.9 Å². The summed E-state index contributed by atoms with van der Waals surface area (Å²) in [6.45, 7) is 3.33. The van der Waals surface area contributed by atoms with Crippen LogP contribution in [0.25, 0.3) is 0 Å². The molecular formula is C8H14ClN2O3PS3. The molecule has 0 N–H and O–H groups in total. The molecule has 1 heterocycles. The first kappa shape index (κ1) is 16.3. The highest BCUT2D eigenvalue weighted by atomic mass is 35.5. The topological polar surface area (TPSA) is 61.2 Å². The molecular weight excluding hydrogens is 335 g/mol. The SMILES string of the molecule is CCS(=O)(=O)c1c(Cl)c(OP(C)(=S)SC)nn1C. The van der Waals surface area contributed by atoms with E-state index in [1.54, 1.807) is 13.6 Å². The Balaban J connectivity index is 3.30. The minimum absolute atomic E-state index is 0.00414. The van der Waals surface area contributed by atoms with E-state index in [1.165, 1.54) is 23.1 Å². The first-order valence-electron chi connectivity index (χ1n) is 4.92. The number of hydrogen-bond donors (Lipinski definition) is 0. The van der Waals surface area contributed by atoms with E-state index >= 15 is 0 Å². The van der Waals surface area contributed by atoms with Gasteiger partial charge < -0.3 is 4.52 Å². The fourth-order valence-corrected chi connectivity index (χ4v) is 4.03. The van der Waals surface area contributed by atoms with E-state index in [1.807, 2.05) is 6.26 Å². The van der Waals surface area contributed by atoms with E-state index in [0.717, 1.165) is 0 Å². The van der Waals surface area contributed by atoms with Gasteiger partial charge in [0.1, 0.15) is 5.02 Å². The van der Waals surface area contributed by atoms with Crippen LogP contribution in [-0.2, 0) is 28.7 Å². The molecule has 0 saturated heterocycles. The maximum atomic E-state index is 11.9. The second-order valence-electron chi connectivity index (χ2n) is 3.50. The van der Waals surface area contributed by atoms with Gasteiger partial charge in [-0.15, -0.1) is 5.10 Å². The van der Waals surface area contributed by atoms with Gasteiger partial charge in [0.2, 0.25) is 0 Å². The van der Waals surface area contributed by atoms with E-state index < -0.39 is 15.3 Å². The highest BCUT2D eigenvalue weighted by Gasteiger charge is 2.27. The Morgan fingerprint density at radius 2 is 2.17 bits per heavy atom. The lowest BCUT2D eigenvalue weighted by Gasteiger charge is -2.13. The fourth-order valence-electron chi connectivity index (χ4n) is 1.19. The van der Waals surface area contributed by atoms with Gasteiger partial charge in [0.15, 0.2) is 20.3 Å². The van der Waals surface area contributed by atoms with Gasteiger partial charge in [0, 0.05) is 13.7 Å². The number of hydrogen-bond acceptors (Lipinski definition) is 6. The van der Waals surface area contributed by atoms with Crippen LogP contribution in [-0.4, -0.2) is 36.9 Å². The van der Waals surface area contributed by atoms with Crippen LogP contribution in [0.3, 0.4) is 0 Å². The van der Waals surface area contributed by atoms with Crippen molar-refractivity contribution < 1.29 is 12.9 Å². The van der Waals surface area contributed by atoms with Gasteiger partial charge in [-0.1, -0.05) is 29.9 Å². The van der Waals surface area contributed by atoms with E-state index in [9.17, 15) is 8.42 Å². The van der Waals surface area contributed by atoms with Crippen molar-refractivity contribution in [3.63, 3.8) is 0 Å².